The smallest absolute Gasteiger partial charge is 0.305 e. The molecular weight excluding hydrogens is 398 g/mol. The molecule has 0 bridgehead atoms. The number of nitrogens with one attached hydrogen (secondary N) is 1. The molecule has 8 heteroatoms. The highest BCUT2D eigenvalue weighted by Crippen LogP contribution is 2.27. The highest BCUT2D eigenvalue weighted by atomic mass is 32.1. The van der Waals surface area contributed by atoms with Gasteiger partial charge in [-0.05, 0) is 48.7 Å². The van der Waals surface area contributed by atoms with Crippen LogP contribution in [-0.2, 0) is 0 Å². The molecule has 1 aliphatic heterocycles. The van der Waals surface area contributed by atoms with Gasteiger partial charge < -0.3 is 15.0 Å². The monoisotopic (exact) mass is 421 g/mol. The van der Waals surface area contributed by atoms with Crippen molar-refractivity contribution in [2.75, 3.05) is 18.0 Å². The first kappa shape index (κ1) is 19.0. The number of nitrogens with zero attached hydrogens (tertiary/aromatic N) is 4. The summed E-state index contributed by atoms with van der Waals surface area (Å²) in [6, 6.07) is 12.1. The number of hydrogen-bond donors (Lipinski definition) is 2. The Hall–Kier alpha value is -2.97. The van der Waals surface area contributed by atoms with Crippen LogP contribution in [0.5, 0.6) is 0 Å². The van der Waals surface area contributed by atoms with E-state index in [0.717, 1.165) is 58.9 Å². The number of aliphatic hydroxyl groups excluding tert-OH is 1. The molecule has 3 aromatic heterocycles. The molecule has 1 aromatic carbocycles. The maximum absolute atomic E-state index is 11.6. The van der Waals surface area contributed by atoms with Gasteiger partial charge in [0.1, 0.15) is 0 Å². The van der Waals surface area contributed by atoms with E-state index in [0.29, 0.717) is 0 Å². The number of hydrogen-bond acceptors (Lipinski definition) is 6. The Morgan fingerprint density at radius 1 is 1.20 bits per heavy atom. The standard InChI is InChI=1S/C22H23N5O2S/c1-14(15-2-4-19-20(12-15)30-22(29)24-19)18-8-11-27(25-18)21-5-3-16(13-23-21)26-9-6-17(28)7-10-26/h2-5,8,11-14,17,28H,6-7,9-10H2,1H3,(H,24,29). The molecule has 1 unspecified atom stereocenters. The third kappa shape index (κ3) is 3.64. The quantitative estimate of drug-likeness (QED) is 0.528. The maximum atomic E-state index is 11.6. The zero-order chi connectivity index (χ0) is 20.7. The van der Waals surface area contributed by atoms with Gasteiger partial charge >= 0.3 is 4.87 Å². The Morgan fingerprint density at radius 3 is 2.80 bits per heavy atom. The lowest BCUT2D eigenvalue weighted by molar-refractivity contribution is 0.145. The molecule has 1 saturated heterocycles. The summed E-state index contributed by atoms with van der Waals surface area (Å²) in [4.78, 5) is 21.2. The van der Waals surface area contributed by atoms with Crippen molar-refractivity contribution in [3.8, 4) is 5.82 Å². The van der Waals surface area contributed by atoms with Gasteiger partial charge in [-0.2, -0.15) is 5.10 Å². The minimum atomic E-state index is -0.181. The van der Waals surface area contributed by atoms with E-state index >= 15 is 0 Å². The third-order valence-corrected chi connectivity index (χ3v) is 6.64. The number of aliphatic hydroxyl groups is 1. The second-order valence-electron chi connectivity index (χ2n) is 7.77. The number of anilines is 1. The number of aromatic nitrogens is 4. The summed E-state index contributed by atoms with van der Waals surface area (Å²) in [5, 5.41) is 14.4. The summed E-state index contributed by atoms with van der Waals surface area (Å²) >= 11 is 1.23. The van der Waals surface area contributed by atoms with Crippen LogP contribution in [0.15, 0.2) is 53.6 Å². The van der Waals surface area contributed by atoms with Crippen molar-refractivity contribution in [3.05, 3.63) is 69.7 Å². The van der Waals surface area contributed by atoms with E-state index in [1.165, 1.54) is 11.3 Å². The largest absolute Gasteiger partial charge is 0.393 e. The molecule has 0 radical (unpaired) electrons. The van der Waals surface area contributed by atoms with Crippen LogP contribution in [0.25, 0.3) is 16.0 Å². The van der Waals surface area contributed by atoms with Crippen molar-refractivity contribution in [1.29, 1.82) is 0 Å². The van der Waals surface area contributed by atoms with E-state index in [9.17, 15) is 9.90 Å². The molecule has 0 spiro atoms. The molecule has 0 saturated carbocycles. The number of pyridine rings is 1. The number of aromatic amines is 1. The predicted molar refractivity (Wildman–Crippen MR) is 119 cm³/mol. The number of thiazole rings is 1. The third-order valence-electron chi connectivity index (χ3n) is 5.80. The second-order valence-corrected chi connectivity index (χ2v) is 8.78. The first-order valence-corrected chi connectivity index (χ1v) is 11.0. The fourth-order valence-electron chi connectivity index (χ4n) is 3.92. The molecule has 1 aliphatic rings. The van der Waals surface area contributed by atoms with Crippen LogP contribution in [0.1, 0.15) is 36.9 Å². The summed E-state index contributed by atoms with van der Waals surface area (Å²) < 4.78 is 2.76. The summed E-state index contributed by atoms with van der Waals surface area (Å²) in [6.07, 6.45) is 5.22. The van der Waals surface area contributed by atoms with Crippen LogP contribution in [-0.4, -0.2) is 44.0 Å². The summed E-state index contributed by atoms with van der Waals surface area (Å²) in [6.45, 7) is 3.82. The molecule has 2 N–H and O–H groups in total. The summed E-state index contributed by atoms with van der Waals surface area (Å²) in [5.41, 5.74) is 4.02. The summed E-state index contributed by atoms with van der Waals surface area (Å²) in [7, 11) is 0. The Kier molecular flexibility index (Phi) is 4.88. The Morgan fingerprint density at radius 2 is 2.03 bits per heavy atom. The van der Waals surface area contributed by atoms with E-state index in [-0.39, 0.29) is 16.9 Å². The topological polar surface area (TPSA) is 87.0 Å². The van der Waals surface area contributed by atoms with E-state index in [2.05, 4.69) is 33.9 Å². The van der Waals surface area contributed by atoms with Crippen LogP contribution in [0, 0.1) is 0 Å². The van der Waals surface area contributed by atoms with Gasteiger partial charge in [0.05, 0.1) is 33.9 Å². The van der Waals surface area contributed by atoms with Crippen LogP contribution in [0.2, 0.25) is 0 Å². The predicted octanol–water partition coefficient (Wildman–Crippen LogP) is 3.28. The molecule has 1 fully saturated rings. The minimum Gasteiger partial charge on any atom is -0.393 e. The van der Waals surface area contributed by atoms with Gasteiger partial charge in [-0.3, -0.25) is 4.79 Å². The highest BCUT2D eigenvalue weighted by Gasteiger charge is 2.18. The van der Waals surface area contributed by atoms with Gasteiger partial charge in [-0.1, -0.05) is 24.3 Å². The van der Waals surface area contributed by atoms with Crippen molar-refractivity contribution < 1.29 is 5.11 Å². The van der Waals surface area contributed by atoms with Crippen LogP contribution in [0.3, 0.4) is 0 Å². The van der Waals surface area contributed by atoms with Crippen molar-refractivity contribution >= 4 is 27.2 Å². The fraction of sp³-hybridized carbons (Fsp3) is 0.318. The lowest BCUT2D eigenvalue weighted by Crippen LogP contribution is -2.35. The Bertz CT molecular complexity index is 1220. The number of fused-ring (bicyclic) bond motifs is 1. The normalized spacial score (nSPS) is 16.3. The first-order valence-electron chi connectivity index (χ1n) is 10.1. The Balaban J connectivity index is 1.34. The van der Waals surface area contributed by atoms with Gasteiger partial charge in [0.15, 0.2) is 5.82 Å². The van der Waals surface area contributed by atoms with Crippen molar-refractivity contribution in [2.45, 2.75) is 31.8 Å². The van der Waals surface area contributed by atoms with Crippen molar-refractivity contribution in [1.82, 2.24) is 19.7 Å². The van der Waals surface area contributed by atoms with Gasteiger partial charge in [0.2, 0.25) is 0 Å². The van der Waals surface area contributed by atoms with E-state index in [1.807, 2.05) is 36.7 Å². The first-order chi connectivity index (χ1) is 14.6. The van der Waals surface area contributed by atoms with Crippen molar-refractivity contribution in [2.24, 2.45) is 0 Å². The highest BCUT2D eigenvalue weighted by molar-refractivity contribution is 7.16. The number of benzene rings is 1. The average Bonchev–Trinajstić information content (AvgIpc) is 3.39. The molecule has 0 amide bonds. The van der Waals surface area contributed by atoms with Crippen LogP contribution >= 0.6 is 11.3 Å². The van der Waals surface area contributed by atoms with Gasteiger partial charge in [-0.25, -0.2) is 9.67 Å². The zero-order valence-electron chi connectivity index (χ0n) is 16.7. The number of piperidine rings is 1. The molecule has 4 heterocycles. The fourth-order valence-corrected chi connectivity index (χ4v) is 4.71. The molecule has 5 rings (SSSR count). The lowest BCUT2D eigenvalue weighted by Gasteiger charge is -2.31. The van der Waals surface area contributed by atoms with E-state index in [1.54, 1.807) is 4.68 Å². The second kappa shape index (κ2) is 7.70. The average molecular weight is 422 g/mol. The van der Waals surface area contributed by atoms with E-state index < -0.39 is 0 Å². The van der Waals surface area contributed by atoms with E-state index in [4.69, 9.17) is 5.10 Å². The SMILES string of the molecule is CC(c1ccc2[nH]c(=O)sc2c1)c1ccn(-c2ccc(N3CCC(O)CC3)cn2)n1. The molecule has 0 aliphatic carbocycles. The molecule has 154 valence electrons. The van der Waals surface area contributed by atoms with Gasteiger partial charge in [-0.15, -0.1) is 0 Å². The lowest BCUT2D eigenvalue weighted by atomic mass is 9.98. The molecule has 4 aromatic rings. The summed E-state index contributed by atoms with van der Waals surface area (Å²) in [5.74, 6) is 0.875. The number of rotatable bonds is 4. The number of H-pyrrole nitrogens is 1. The molecule has 1 atom stereocenters. The van der Waals surface area contributed by atoms with Crippen molar-refractivity contribution in [3.63, 3.8) is 0 Å². The van der Waals surface area contributed by atoms with Gasteiger partial charge in [0, 0.05) is 25.2 Å². The maximum Gasteiger partial charge on any atom is 0.305 e. The van der Waals surface area contributed by atoms with Crippen LogP contribution < -0.4 is 9.77 Å². The van der Waals surface area contributed by atoms with Gasteiger partial charge in [0.25, 0.3) is 0 Å². The Labute approximate surface area is 177 Å². The molecule has 30 heavy (non-hydrogen) atoms. The van der Waals surface area contributed by atoms with Crippen LogP contribution in [0.4, 0.5) is 5.69 Å². The molecular formula is C22H23N5O2S. The minimum absolute atomic E-state index is 0.0330. The zero-order valence-corrected chi connectivity index (χ0v) is 17.5. The molecule has 7 nitrogen and oxygen atoms in total.